The minimum atomic E-state index is 0.640. The van der Waals surface area contributed by atoms with E-state index >= 15 is 0 Å². The third-order valence-electron chi connectivity index (χ3n) is 3.33. The van der Waals surface area contributed by atoms with E-state index in [9.17, 15) is 0 Å². The molecule has 0 bridgehead atoms. The van der Waals surface area contributed by atoms with E-state index in [2.05, 4.69) is 20.6 Å². The van der Waals surface area contributed by atoms with Gasteiger partial charge in [0.2, 0.25) is 0 Å². The van der Waals surface area contributed by atoms with Gasteiger partial charge >= 0.3 is 0 Å². The first-order chi connectivity index (χ1) is 12.8. The van der Waals surface area contributed by atoms with Crippen molar-refractivity contribution in [3.8, 4) is 5.75 Å². The summed E-state index contributed by atoms with van der Waals surface area (Å²) in [5.41, 5.74) is 0.944. The zero-order valence-corrected chi connectivity index (χ0v) is 16.9. The van der Waals surface area contributed by atoms with Crippen LogP contribution in [0, 0.1) is 0 Å². The van der Waals surface area contributed by atoms with Crippen LogP contribution in [0.1, 0.15) is 12.8 Å². The first-order valence-electron chi connectivity index (χ1n) is 8.53. The summed E-state index contributed by atoms with van der Waals surface area (Å²) in [4.78, 5) is 8.53. The Bertz CT molecular complexity index is 650. The van der Waals surface area contributed by atoms with Gasteiger partial charge in [-0.05, 0) is 18.6 Å². The van der Waals surface area contributed by atoms with Gasteiger partial charge in [-0.1, -0.05) is 17.8 Å². The number of hydrogen-bond donors (Lipinski definition) is 2. The Labute approximate surface area is 163 Å². The van der Waals surface area contributed by atoms with Gasteiger partial charge in [0.15, 0.2) is 5.96 Å². The van der Waals surface area contributed by atoms with Crippen molar-refractivity contribution in [3.63, 3.8) is 0 Å². The number of anilines is 1. The number of guanidine groups is 1. The molecule has 0 radical (unpaired) electrons. The molecular weight excluding hydrogens is 368 g/mol. The summed E-state index contributed by atoms with van der Waals surface area (Å²) in [7, 11) is 3.46. The van der Waals surface area contributed by atoms with E-state index in [1.54, 1.807) is 37.3 Å². The van der Waals surface area contributed by atoms with Crippen molar-refractivity contribution >= 4 is 34.7 Å². The topological polar surface area (TPSA) is 67.8 Å². The van der Waals surface area contributed by atoms with Gasteiger partial charge in [-0.25, -0.2) is 4.98 Å². The first-order valence-corrected chi connectivity index (χ1v) is 10.4. The zero-order valence-electron chi connectivity index (χ0n) is 15.2. The maximum Gasteiger partial charge on any atom is 0.195 e. The molecule has 0 aliphatic carbocycles. The van der Waals surface area contributed by atoms with Crippen molar-refractivity contribution in [3.05, 3.63) is 35.8 Å². The van der Waals surface area contributed by atoms with E-state index in [1.807, 2.05) is 35.8 Å². The average molecular weight is 395 g/mol. The lowest BCUT2D eigenvalue weighted by molar-refractivity contribution is 0.172. The molecule has 142 valence electrons. The Morgan fingerprint density at radius 1 is 1.31 bits per heavy atom. The number of thioether (sulfide) groups is 1. The van der Waals surface area contributed by atoms with Crippen molar-refractivity contribution in [1.82, 2.24) is 10.3 Å². The number of nitrogens with zero attached hydrogens (tertiary/aromatic N) is 2. The number of rotatable bonds is 11. The zero-order chi connectivity index (χ0) is 18.5. The Balaban J connectivity index is 1.69. The van der Waals surface area contributed by atoms with E-state index in [4.69, 9.17) is 9.47 Å². The smallest absolute Gasteiger partial charge is 0.195 e. The number of nitrogens with one attached hydrogen (secondary N) is 2. The average Bonchev–Trinajstić information content (AvgIpc) is 3.18. The van der Waals surface area contributed by atoms with Crippen LogP contribution in [0.2, 0.25) is 0 Å². The molecule has 0 fully saturated rings. The fraction of sp³-hybridized carbons (Fsp3) is 0.444. The van der Waals surface area contributed by atoms with Gasteiger partial charge in [0, 0.05) is 62.8 Å². The van der Waals surface area contributed by atoms with E-state index < -0.39 is 0 Å². The molecule has 6 nitrogen and oxygen atoms in total. The highest BCUT2D eigenvalue weighted by Gasteiger charge is 2.02. The van der Waals surface area contributed by atoms with Gasteiger partial charge in [-0.15, -0.1) is 11.3 Å². The van der Waals surface area contributed by atoms with Gasteiger partial charge in [-0.2, -0.15) is 0 Å². The molecule has 1 heterocycles. The predicted octanol–water partition coefficient (Wildman–Crippen LogP) is 3.73. The summed E-state index contributed by atoms with van der Waals surface area (Å²) in [6.45, 7) is 2.20. The molecule has 1 aromatic heterocycles. The maximum atomic E-state index is 5.72. The molecule has 0 amide bonds. The normalized spacial score (nSPS) is 11.4. The molecule has 2 aromatic rings. The third-order valence-corrected chi connectivity index (χ3v) is 5.38. The monoisotopic (exact) mass is 394 g/mol. The lowest BCUT2D eigenvalue weighted by Crippen LogP contribution is -2.31. The highest BCUT2D eigenvalue weighted by atomic mass is 32.2. The quantitative estimate of drug-likeness (QED) is 0.262. The lowest BCUT2D eigenvalue weighted by atomic mass is 10.3. The third kappa shape index (κ3) is 8.07. The molecule has 2 rings (SSSR count). The summed E-state index contributed by atoms with van der Waals surface area (Å²) >= 11 is 3.46. The molecule has 0 saturated heterocycles. The van der Waals surface area contributed by atoms with E-state index in [0.717, 1.165) is 46.9 Å². The fourth-order valence-corrected chi connectivity index (χ4v) is 3.74. The van der Waals surface area contributed by atoms with Crippen LogP contribution in [0.5, 0.6) is 5.75 Å². The van der Waals surface area contributed by atoms with Crippen LogP contribution in [0.3, 0.4) is 0 Å². The standard InChI is InChI=1S/C18H26N4O2S2/c1-19-17(20-8-4-12-25-18-21-9-13-26-18)22-15-6-3-7-16(14-15)24-11-5-10-23-2/h3,6-7,9,13-14H,4-5,8,10-12H2,1-2H3,(H2,19,20,22). The van der Waals surface area contributed by atoms with Crippen molar-refractivity contribution in [2.45, 2.75) is 17.2 Å². The molecule has 2 N–H and O–H groups in total. The number of aromatic nitrogens is 1. The van der Waals surface area contributed by atoms with Crippen molar-refractivity contribution in [1.29, 1.82) is 0 Å². The Morgan fingerprint density at radius 3 is 3.00 bits per heavy atom. The minimum absolute atomic E-state index is 0.640. The molecule has 0 atom stereocenters. The van der Waals surface area contributed by atoms with Gasteiger partial charge in [0.05, 0.1) is 6.61 Å². The molecule has 0 unspecified atom stereocenters. The van der Waals surface area contributed by atoms with E-state index in [1.165, 1.54) is 0 Å². The van der Waals surface area contributed by atoms with Gasteiger partial charge < -0.3 is 20.1 Å². The van der Waals surface area contributed by atoms with Crippen LogP contribution in [-0.4, -0.2) is 50.6 Å². The number of hydrogen-bond acceptors (Lipinski definition) is 6. The molecule has 1 aromatic carbocycles. The molecule has 26 heavy (non-hydrogen) atoms. The van der Waals surface area contributed by atoms with Crippen molar-refractivity contribution in [2.75, 3.05) is 45.0 Å². The van der Waals surface area contributed by atoms with Crippen LogP contribution in [-0.2, 0) is 4.74 Å². The minimum Gasteiger partial charge on any atom is -0.493 e. The second-order valence-electron chi connectivity index (χ2n) is 5.35. The number of methoxy groups -OCH3 is 1. The second-order valence-corrected chi connectivity index (χ2v) is 7.58. The van der Waals surface area contributed by atoms with Crippen molar-refractivity contribution in [2.24, 2.45) is 4.99 Å². The highest BCUT2D eigenvalue weighted by molar-refractivity contribution is 8.00. The number of ether oxygens (including phenoxy) is 2. The van der Waals surface area contributed by atoms with E-state index in [0.29, 0.717) is 13.2 Å². The molecule has 0 aliphatic heterocycles. The van der Waals surface area contributed by atoms with Gasteiger partial charge in [-0.3, -0.25) is 4.99 Å². The predicted molar refractivity (Wildman–Crippen MR) is 111 cm³/mol. The molecule has 0 saturated carbocycles. The summed E-state index contributed by atoms with van der Waals surface area (Å²) in [5, 5.41) is 8.62. The van der Waals surface area contributed by atoms with E-state index in [-0.39, 0.29) is 0 Å². The highest BCUT2D eigenvalue weighted by Crippen LogP contribution is 2.20. The van der Waals surface area contributed by atoms with Gasteiger partial charge in [0.1, 0.15) is 10.1 Å². The Morgan fingerprint density at radius 2 is 2.23 bits per heavy atom. The molecular formula is C18H26N4O2S2. The molecule has 0 aliphatic rings. The summed E-state index contributed by atoms with van der Waals surface area (Å²) < 4.78 is 11.9. The van der Waals surface area contributed by atoms with Crippen LogP contribution >= 0.6 is 23.1 Å². The maximum absolute atomic E-state index is 5.72. The first kappa shape index (κ1) is 20.5. The van der Waals surface area contributed by atoms with Gasteiger partial charge in [0.25, 0.3) is 0 Å². The Kier molecular flexibility index (Phi) is 9.92. The van der Waals surface area contributed by atoms with Crippen LogP contribution in [0.4, 0.5) is 5.69 Å². The summed E-state index contributed by atoms with van der Waals surface area (Å²) in [6.07, 6.45) is 3.75. The lowest BCUT2D eigenvalue weighted by Gasteiger charge is -2.13. The van der Waals surface area contributed by atoms with Crippen LogP contribution in [0.25, 0.3) is 0 Å². The van der Waals surface area contributed by atoms with Crippen molar-refractivity contribution < 1.29 is 9.47 Å². The van der Waals surface area contributed by atoms with Crippen LogP contribution < -0.4 is 15.4 Å². The van der Waals surface area contributed by atoms with Crippen LogP contribution in [0.15, 0.2) is 45.2 Å². The summed E-state index contributed by atoms with van der Waals surface area (Å²) in [5.74, 6) is 2.62. The number of benzene rings is 1. The summed E-state index contributed by atoms with van der Waals surface area (Å²) in [6, 6.07) is 7.88. The number of thiazole rings is 1. The molecule has 0 spiro atoms. The Hall–Kier alpha value is -1.77. The fourth-order valence-electron chi connectivity index (χ4n) is 2.09. The molecule has 8 heteroatoms. The number of aliphatic imine (C=N–C) groups is 1. The largest absolute Gasteiger partial charge is 0.493 e. The second kappa shape index (κ2) is 12.6. The SMILES string of the molecule is CN=C(NCCCSc1nccs1)Nc1cccc(OCCCOC)c1.